The lowest BCUT2D eigenvalue weighted by atomic mass is 10.3. The van der Waals surface area contributed by atoms with Crippen molar-refractivity contribution < 1.29 is 4.74 Å². The van der Waals surface area contributed by atoms with Gasteiger partial charge in [0.25, 0.3) is 0 Å². The van der Waals surface area contributed by atoms with Crippen LogP contribution in [0.5, 0.6) is 5.75 Å². The Morgan fingerprint density at radius 3 is 3.07 bits per heavy atom. The third-order valence-electron chi connectivity index (χ3n) is 2.18. The van der Waals surface area contributed by atoms with Crippen LogP contribution >= 0.6 is 11.8 Å². The number of methoxy groups -OCH3 is 1. The second kappa shape index (κ2) is 5.07. The summed E-state index contributed by atoms with van der Waals surface area (Å²) >= 11 is 1.75. The molecule has 4 heteroatoms. The molecule has 3 nitrogen and oxygen atoms in total. The maximum atomic E-state index is 5.28. The van der Waals surface area contributed by atoms with Crippen LogP contribution in [-0.2, 0) is 0 Å². The zero-order valence-corrected chi connectivity index (χ0v) is 9.51. The van der Waals surface area contributed by atoms with Crippen LogP contribution in [0.3, 0.4) is 0 Å². The molecule has 1 N–H and O–H groups in total. The van der Waals surface area contributed by atoms with Crippen molar-refractivity contribution >= 4 is 17.6 Å². The lowest BCUT2D eigenvalue weighted by molar-refractivity contribution is 0.405. The molecule has 1 aliphatic heterocycles. The van der Waals surface area contributed by atoms with Gasteiger partial charge in [-0.25, -0.2) is 0 Å². The number of para-hydroxylation sites is 1. The van der Waals surface area contributed by atoms with Gasteiger partial charge in [-0.1, -0.05) is 12.1 Å². The van der Waals surface area contributed by atoms with E-state index < -0.39 is 0 Å². The van der Waals surface area contributed by atoms with Gasteiger partial charge in [-0.15, -0.1) is 11.8 Å². The molecule has 0 atom stereocenters. The first-order valence-electron chi connectivity index (χ1n) is 4.93. The lowest BCUT2D eigenvalue weighted by Crippen LogP contribution is -2.20. The van der Waals surface area contributed by atoms with Crippen LogP contribution in [0.4, 0.5) is 0 Å². The minimum absolute atomic E-state index is 0.889. The van der Waals surface area contributed by atoms with E-state index in [0.29, 0.717) is 0 Å². The number of hydrogen-bond donors (Lipinski definition) is 1. The summed E-state index contributed by atoms with van der Waals surface area (Å²) in [6.07, 6.45) is 0. The highest BCUT2D eigenvalue weighted by Crippen LogP contribution is 2.28. The van der Waals surface area contributed by atoms with Crippen molar-refractivity contribution in [3.63, 3.8) is 0 Å². The molecular weight excluding hydrogens is 208 g/mol. The lowest BCUT2D eigenvalue weighted by Gasteiger charge is -2.07. The number of aliphatic imine (C=N–C) groups is 1. The first-order valence-corrected chi connectivity index (χ1v) is 5.92. The predicted octanol–water partition coefficient (Wildman–Crippen LogP) is 1.79. The van der Waals surface area contributed by atoms with E-state index >= 15 is 0 Å². The van der Waals surface area contributed by atoms with Gasteiger partial charge in [-0.2, -0.15) is 0 Å². The van der Waals surface area contributed by atoms with Gasteiger partial charge >= 0.3 is 0 Å². The Morgan fingerprint density at radius 1 is 1.47 bits per heavy atom. The summed E-state index contributed by atoms with van der Waals surface area (Å²) in [6, 6.07) is 8.05. The Kier molecular flexibility index (Phi) is 3.50. The first-order chi connectivity index (χ1) is 7.40. The summed E-state index contributed by atoms with van der Waals surface area (Å²) in [5.41, 5.74) is 0. The maximum absolute atomic E-state index is 5.28. The third kappa shape index (κ3) is 2.65. The standard InChI is InChI=1S/C11H14N2OS/c1-14-9-4-2-3-5-10(9)15-8-11-12-6-7-13-11/h2-5H,6-8H2,1H3,(H,12,13). The molecular formula is C11H14N2OS. The molecule has 0 fully saturated rings. The van der Waals surface area contributed by atoms with E-state index in [9.17, 15) is 0 Å². The van der Waals surface area contributed by atoms with Crippen LogP contribution in [0.2, 0.25) is 0 Å². The van der Waals surface area contributed by atoms with E-state index in [1.807, 2.05) is 18.2 Å². The maximum Gasteiger partial charge on any atom is 0.132 e. The number of thioether (sulfide) groups is 1. The number of ether oxygens (including phenoxy) is 1. The van der Waals surface area contributed by atoms with Crippen LogP contribution in [0.15, 0.2) is 34.2 Å². The van der Waals surface area contributed by atoms with E-state index in [4.69, 9.17) is 4.74 Å². The average Bonchev–Trinajstić information content (AvgIpc) is 2.79. The van der Waals surface area contributed by atoms with Crippen LogP contribution in [-0.4, -0.2) is 31.8 Å². The van der Waals surface area contributed by atoms with Crippen molar-refractivity contribution in [3.8, 4) is 5.75 Å². The monoisotopic (exact) mass is 222 g/mol. The molecule has 80 valence electrons. The Hall–Kier alpha value is -1.16. The van der Waals surface area contributed by atoms with Crippen LogP contribution in [0.25, 0.3) is 0 Å². The van der Waals surface area contributed by atoms with Gasteiger partial charge in [0.2, 0.25) is 0 Å². The second-order valence-electron chi connectivity index (χ2n) is 3.19. The van der Waals surface area contributed by atoms with Crippen molar-refractivity contribution in [1.82, 2.24) is 5.32 Å². The minimum Gasteiger partial charge on any atom is -0.496 e. The third-order valence-corrected chi connectivity index (χ3v) is 3.24. The summed E-state index contributed by atoms with van der Waals surface area (Å²) in [5, 5.41) is 3.25. The van der Waals surface area contributed by atoms with Crippen molar-refractivity contribution in [2.24, 2.45) is 4.99 Å². The molecule has 2 rings (SSSR count). The van der Waals surface area contributed by atoms with E-state index in [2.05, 4.69) is 16.4 Å². The predicted molar refractivity (Wildman–Crippen MR) is 64.0 cm³/mol. The minimum atomic E-state index is 0.889. The highest BCUT2D eigenvalue weighted by molar-refractivity contribution is 8.00. The van der Waals surface area contributed by atoms with Gasteiger partial charge in [0, 0.05) is 11.4 Å². The molecule has 0 saturated carbocycles. The summed E-state index contributed by atoms with van der Waals surface area (Å²) in [5.74, 6) is 2.91. The average molecular weight is 222 g/mol. The van der Waals surface area contributed by atoms with E-state index in [-0.39, 0.29) is 0 Å². The summed E-state index contributed by atoms with van der Waals surface area (Å²) in [6.45, 7) is 1.88. The summed E-state index contributed by atoms with van der Waals surface area (Å²) in [4.78, 5) is 5.51. The number of nitrogens with one attached hydrogen (secondary N) is 1. The fourth-order valence-corrected chi connectivity index (χ4v) is 2.38. The smallest absolute Gasteiger partial charge is 0.132 e. The molecule has 15 heavy (non-hydrogen) atoms. The molecule has 0 amide bonds. The van der Waals surface area contributed by atoms with Gasteiger partial charge < -0.3 is 10.1 Å². The normalized spacial score (nSPS) is 14.6. The SMILES string of the molecule is COc1ccccc1SCC1=NCCN1. The Labute approximate surface area is 93.9 Å². The Bertz CT molecular complexity index is 365. The van der Waals surface area contributed by atoms with Gasteiger partial charge in [0.05, 0.1) is 19.4 Å². The first kappa shape index (κ1) is 10.4. The number of benzene rings is 1. The highest BCUT2D eigenvalue weighted by atomic mass is 32.2. The molecule has 0 bridgehead atoms. The summed E-state index contributed by atoms with van der Waals surface area (Å²) < 4.78 is 5.28. The zero-order chi connectivity index (χ0) is 10.5. The van der Waals surface area contributed by atoms with Crippen molar-refractivity contribution in [3.05, 3.63) is 24.3 Å². The number of rotatable bonds is 4. The van der Waals surface area contributed by atoms with Crippen LogP contribution in [0.1, 0.15) is 0 Å². The molecule has 0 unspecified atom stereocenters. The topological polar surface area (TPSA) is 33.6 Å². The quantitative estimate of drug-likeness (QED) is 0.789. The molecule has 0 aliphatic carbocycles. The fraction of sp³-hybridized carbons (Fsp3) is 0.364. The molecule has 0 radical (unpaired) electrons. The highest BCUT2D eigenvalue weighted by Gasteiger charge is 2.07. The number of hydrogen-bond acceptors (Lipinski definition) is 4. The molecule has 1 aliphatic rings. The van der Waals surface area contributed by atoms with Gasteiger partial charge in [0.1, 0.15) is 11.6 Å². The largest absolute Gasteiger partial charge is 0.496 e. The van der Waals surface area contributed by atoms with Gasteiger partial charge in [0.15, 0.2) is 0 Å². The zero-order valence-electron chi connectivity index (χ0n) is 8.69. The Balaban J connectivity index is 1.97. The molecule has 0 saturated heterocycles. The molecule has 1 aromatic rings. The van der Waals surface area contributed by atoms with E-state index in [0.717, 1.165) is 35.3 Å². The van der Waals surface area contributed by atoms with E-state index in [1.165, 1.54) is 0 Å². The molecule has 1 heterocycles. The molecule has 0 aromatic heterocycles. The van der Waals surface area contributed by atoms with Crippen LogP contribution in [0, 0.1) is 0 Å². The molecule has 0 spiro atoms. The number of amidine groups is 1. The van der Waals surface area contributed by atoms with Crippen LogP contribution < -0.4 is 10.1 Å². The van der Waals surface area contributed by atoms with Crippen molar-refractivity contribution in [2.75, 3.05) is 26.0 Å². The van der Waals surface area contributed by atoms with E-state index in [1.54, 1.807) is 18.9 Å². The summed E-state index contributed by atoms with van der Waals surface area (Å²) in [7, 11) is 1.70. The second-order valence-corrected chi connectivity index (χ2v) is 4.21. The van der Waals surface area contributed by atoms with Crippen molar-refractivity contribution in [2.45, 2.75) is 4.90 Å². The van der Waals surface area contributed by atoms with Gasteiger partial charge in [-0.05, 0) is 12.1 Å². The fourth-order valence-electron chi connectivity index (χ4n) is 1.43. The van der Waals surface area contributed by atoms with Crippen molar-refractivity contribution in [1.29, 1.82) is 0 Å². The number of nitrogens with zero attached hydrogens (tertiary/aromatic N) is 1. The van der Waals surface area contributed by atoms with Gasteiger partial charge in [-0.3, -0.25) is 4.99 Å². The Morgan fingerprint density at radius 2 is 2.33 bits per heavy atom. The molecule has 1 aromatic carbocycles.